The van der Waals surface area contributed by atoms with Gasteiger partial charge in [-0.25, -0.2) is 4.68 Å². The van der Waals surface area contributed by atoms with E-state index < -0.39 is 0 Å². The molecule has 1 aromatic heterocycles. The Kier molecular flexibility index (Phi) is 6.57. The number of nitrogens with zero attached hydrogens (tertiary/aromatic N) is 4. The highest BCUT2D eigenvalue weighted by Gasteiger charge is 2.21. The predicted molar refractivity (Wildman–Crippen MR) is 118 cm³/mol. The third-order valence-corrected chi connectivity index (χ3v) is 5.67. The first-order valence-corrected chi connectivity index (χ1v) is 10.6. The fourth-order valence-corrected chi connectivity index (χ4v) is 3.94. The highest BCUT2D eigenvalue weighted by atomic mass is 16.5. The molecule has 0 radical (unpaired) electrons. The molecule has 0 saturated carbocycles. The Morgan fingerprint density at radius 1 is 1.16 bits per heavy atom. The van der Waals surface area contributed by atoms with Gasteiger partial charge in [-0.2, -0.15) is 0 Å². The van der Waals surface area contributed by atoms with Crippen LogP contribution in [0.25, 0.3) is 10.9 Å². The van der Waals surface area contributed by atoms with Gasteiger partial charge in [0, 0.05) is 32.1 Å². The number of methoxy groups -OCH3 is 1. The quantitative estimate of drug-likeness (QED) is 0.627. The van der Waals surface area contributed by atoms with Crippen LogP contribution in [0.15, 0.2) is 53.3 Å². The van der Waals surface area contributed by atoms with E-state index in [4.69, 9.17) is 4.74 Å². The number of rotatable bonds is 7. The van der Waals surface area contributed by atoms with Gasteiger partial charge < -0.3 is 10.1 Å². The lowest BCUT2D eigenvalue weighted by atomic mass is 10.0. The monoisotopic (exact) mass is 421 g/mol. The molecule has 4 rings (SSSR count). The van der Waals surface area contributed by atoms with E-state index in [0.29, 0.717) is 10.9 Å². The van der Waals surface area contributed by atoms with Gasteiger partial charge in [0.2, 0.25) is 5.91 Å². The second-order valence-electron chi connectivity index (χ2n) is 7.85. The predicted octanol–water partition coefficient (Wildman–Crippen LogP) is 1.97. The molecule has 2 aromatic carbocycles. The second-order valence-corrected chi connectivity index (χ2v) is 7.85. The van der Waals surface area contributed by atoms with Crippen LogP contribution in [0.1, 0.15) is 24.8 Å². The van der Waals surface area contributed by atoms with Gasteiger partial charge >= 0.3 is 0 Å². The summed E-state index contributed by atoms with van der Waals surface area (Å²) in [4.78, 5) is 27.3. The van der Waals surface area contributed by atoms with Crippen LogP contribution in [0.4, 0.5) is 0 Å². The van der Waals surface area contributed by atoms with Crippen molar-refractivity contribution in [3.8, 4) is 5.75 Å². The molecule has 0 atom stereocenters. The number of fused-ring (bicyclic) bond motifs is 1. The standard InChI is InChI=1S/C23H27N5O3/c1-31-19-6-4-5-17(15-19)16-27-12-9-18(10-13-27)24-22(29)11-14-28-23(30)20-7-2-3-8-21(20)25-26-28/h2-8,15,18H,9-14,16H2,1H3,(H,24,29). The maximum absolute atomic E-state index is 12.5. The Morgan fingerprint density at radius 3 is 2.77 bits per heavy atom. The first kappa shape index (κ1) is 21.0. The van der Waals surface area contributed by atoms with E-state index in [2.05, 4.69) is 32.7 Å². The number of hydrogen-bond acceptors (Lipinski definition) is 6. The highest BCUT2D eigenvalue weighted by molar-refractivity contribution is 5.77. The molecule has 1 amide bonds. The maximum atomic E-state index is 12.5. The number of hydrogen-bond donors (Lipinski definition) is 1. The molecule has 1 fully saturated rings. The van der Waals surface area contributed by atoms with Crippen LogP contribution in [0, 0.1) is 0 Å². The molecular formula is C23H27N5O3. The topological polar surface area (TPSA) is 89.3 Å². The van der Waals surface area contributed by atoms with Crippen molar-refractivity contribution in [1.82, 2.24) is 25.2 Å². The molecule has 2 heterocycles. The minimum atomic E-state index is -0.218. The Labute approximate surface area is 180 Å². The number of aromatic nitrogens is 3. The summed E-state index contributed by atoms with van der Waals surface area (Å²) in [5.74, 6) is 0.808. The minimum absolute atomic E-state index is 0.0619. The van der Waals surface area contributed by atoms with Crippen LogP contribution < -0.4 is 15.6 Å². The van der Waals surface area contributed by atoms with Gasteiger partial charge in [-0.3, -0.25) is 14.5 Å². The molecule has 162 valence electrons. The fraction of sp³-hybridized carbons (Fsp3) is 0.391. The van der Waals surface area contributed by atoms with E-state index in [0.717, 1.165) is 38.2 Å². The van der Waals surface area contributed by atoms with E-state index in [9.17, 15) is 9.59 Å². The summed E-state index contributed by atoms with van der Waals surface area (Å²) in [5, 5.41) is 11.6. The van der Waals surface area contributed by atoms with Crippen LogP contribution in [0.2, 0.25) is 0 Å². The van der Waals surface area contributed by atoms with Gasteiger partial charge in [-0.15, -0.1) is 5.10 Å². The lowest BCUT2D eigenvalue weighted by Gasteiger charge is -2.32. The number of amides is 1. The lowest BCUT2D eigenvalue weighted by Crippen LogP contribution is -2.44. The van der Waals surface area contributed by atoms with Crippen molar-refractivity contribution in [3.05, 3.63) is 64.4 Å². The Morgan fingerprint density at radius 2 is 1.97 bits per heavy atom. The van der Waals surface area contributed by atoms with E-state index in [1.54, 1.807) is 25.3 Å². The highest BCUT2D eigenvalue weighted by Crippen LogP contribution is 2.17. The maximum Gasteiger partial charge on any atom is 0.277 e. The number of carbonyl (C=O) groups excluding carboxylic acids is 1. The number of likely N-dealkylation sites (tertiary alicyclic amines) is 1. The number of carbonyl (C=O) groups is 1. The normalized spacial score (nSPS) is 15.1. The van der Waals surface area contributed by atoms with E-state index in [1.807, 2.05) is 18.2 Å². The largest absolute Gasteiger partial charge is 0.497 e. The van der Waals surface area contributed by atoms with Gasteiger partial charge in [0.25, 0.3) is 5.56 Å². The van der Waals surface area contributed by atoms with Crippen molar-refractivity contribution in [2.45, 2.75) is 38.4 Å². The molecule has 1 aliphatic rings. The van der Waals surface area contributed by atoms with Crippen LogP contribution in [-0.4, -0.2) is 52.0 Å². The number of ether oxygens (including phenoxy) is 1. The third-order valence-electron chi connectivity index (χ3n) is 5.67. The summed E-state index contributed by atoms with van der Waals surface area (Å²) in [6.07, 6.45) is 2.02. The summed E-state index contributed by atoms with van der Waals surface area (Å²) in [6.45, 7) is 2.95. The van der Waals surface area contributed by atoms with Crippen molar-refractivity contribution < 1.29 is 9.53 Å². The van der Waals surface area contributed by atoms with E-state index >= 15 is 0 Å². The van der Waals surface area contributed by atoms with Gasteiger partial charge in [-0.05, 0) is 42.7 Å². The first-order chi connectivity index (χ1) is 15.1. The zero-order valence-electron chi connectivity index (χ0n) is 17.7. The van der Waals surface area contributed by atoms with Gasteiger partial charge in [0.15, 0.2) is 0 Å². The lowest BCUT2D eigenvalue weighted by molar-refractivity contribution is -0.122. The summed E-state index contributed by atoms with van der Waals surface area (Å²) >= 11 is 0. The van der Waals surface area contributed by atoms with Crippen molar-refractivity contribution in [2.75, 3.05) is 20.2 Å². The Balaban J connectivity index is 1.24. The van der Waals surface area contributed by atoms with Gasteiger partial charge in [0.1, 0.15) is 11.3 Å². The molecule has 8 nitrogen and oxygen atoms in total. The van der Waals surface area contributed by atoms with Crippen LogP contribution in [0.3, 0.4) is 0 Å². The van der Waals surface area contributed by atoms with Crippen LogP contribution >= 0.6 is 0 Å². The summed E-state index contributed by atoms with van der Waals surface area (Å²) in [6, 6.07) is 15.4. The number of aryl methyl sites for hydroxylation is 1. The zero-order chi connectivity index (χ0) is 21.6. The zero-order valence-corrected chi connectivity index (χ0v) is 17.7. The molecule has 8 heteroatoms. The van der Waals surface area contributed by atoms with E-state index in [-0.39, 0.29) is 30.5 Å². The second kappa shape index (κ2) is 9.70. The Hall–Kier alpha value is -3.26. The molecule has 1 N–H and O–H groups in total. The van der Waals surface area contributed by atoms with Crippen LogP contribution in [-0.2, 0) is 17.9 Å². The van der Waals surface area contributed by atoms with Crippen molar-refractivity contribution in [2.24, 2.45) is 0 Å². The van der Waals surface area contributed by atoms with E-state index in [1.165, 1.54) is 10.2 Å². The summed E-state index contributed by atoms with van der Waals surface area (Å²) in [7, 11) is 1.68. The number of nitrogens with one attached hydrogen (secondary N) is 1. The van der Waals surface area contributed by atoms with Crippen molar-refractivity contribution in [3.63, 3.8) is 0 Å². The molecule has 1 saturated heterocycles. The number of benzene rings is 2. The van der Waals surface area contributed by atoms with Crippen molar-refractivity contribution in [1.29, 1.82) is 0 Å². The summed E-state index contributed by atoms with van der Waals surface area (Å²) < 4.78 is 6.56. The van der Waals surface area contributed by atoms with Gasteiger partial charge in [-0.1, -0.05) is 29.5 Å². The third kappa shape index (κ3) is 5.27. The first-order valence-electron chi connectivity index (χ1n) is 10.6. The van der Waals surface area contributed by atoms with Crippen LogP contribution in [0.5, 0.6) is 5.75 Å². The molecule has 3 aromatic rings. The molecule has 0 spiro atoms. The molecule has 0 bridgehead atoms. The molecule has 31 heavy (non-hydrogen) atoms. The SMILES string of the molecule is COc1cccc(CN2CCC(NC(=O)CCn3nnc4ccccc4c3=O)CC2)c1. The Bertz CT molecular complexity index is 1110. The number of piperidine rings is 1. The average Bonchev–Trinajstić information content (AvgIpc) is 2.80. The average molecular weight is 422 g/mol. The molecule has 0 unspecified atom stereocenters. The summed E-state index contributed by atoms with van der Waals surface area (Å²) in [5.41, 5.74) is 1.57. The minimum Gasteiger partial charge on any atom is -0.497 e. The molecular weight excluding hydrogens is 394 g/mol. The smallest absolute Gasteiger partial charge is 0.277 e. The molecule has 0 aliphatic carbocycles. The van der Waals surface area contributed by atoms with Crippen molar-refractivity contribution >= 4 is 16.8 Å². The van der Waals surface area contributed by atoms with Gasteiger partial charge in [0.05, 0.1) is 19.0 Å². The fourth-order valence-electron chi connectivity index (χ4n) is 3.94. The molecule has 1 aliphatic heterocycles.